The monoisotopic (exact) mass is 422 g/mol. The lowest BCUT2D eigenvalue weighted by molar-refractivity contribution is 0.0938. The fourth-order valence-electron chi connectivity index (χ4n) is 2.69. The number of anilines is 1. The minimum atomic E-state index is -0.238. The molecule has 0 spiro atoms. The van der Waals surface area contributed by atoms with Crippen LogP contribution in [0.25, 0.3) is 0 Å². The third-order valence-corrected chi connectivity index (χ3v) is 4.84. The summed E-state index contributed by atoms with van der Waals surface area (Å²) in [6.45, 7) is 1.94. The molecule has 5 heteroatoms. The average Bonchev–Trinajstić information content (AvgIpc) is 2.69. The Hall–Kier alpha value is -2.92. The molecule has 2 amide bonds. The van der Waals surface area contributed by atoms with Gasteiger partial charge in [-0.15, -0.1) is 0 Å². The lowest BCUT2D eigenvalue weighted by Crippen LogP contribution is -2.26. The largest absolute Gasteiger partial charge is 0.346 e. The fourth-order valence-corrected chi connectivity index (χ4v) is 3.15. The first-order valence-electron chi connectivity index (χ1n) is 8.56. The van der Waals surface area contributed by atoms with Crippen molar-refractivity contribution in [3.05, 3.63) is 100 Å². The lowest BCUT2D eigenvalue weighted by Gasteiger charge is -2.15. The van der Waals surface area contributed by atoms with E-state index in [2.05, 4.69) is 26.6 Å². The van der Waals surface area contributed by atoms with Gasteiger partial charge in [-0.05, 0) is 58.7 Å². The molecule has 136 valence electrons. The van der Waals surface area contributed by atoms with E-state index >= 15 is 0 Å². The highest BCUT2D eigenvalue weighted by Gasteiger charge is 2.13. The molecule has 3 aromatic carbocycles. The van der Waals surface area contributed by atoms with Gasteiger partial charge in [-0.25, -0.2) is 0 Å². The zero-order valence-electron chi connectivity index (χ0n) is 14.8. The van der Waals surface area contributed by atoms with Crippen molar-refractivity contribution < 1.29 is 9.59 Å². The van der Waals surface area contributed by atoms with E-state index in [0.717, 1.165) is 5.56 Å². The maximum absolute atomic E-state index is 12.6. The summed E-state index contributed by atoms with van der Waals surface area (Å²) >= 11 is 3.37. The van der Waals surface area contributed by atoms with Gasteiger partial charge in [0, 0.05) is 15.7 Å². The summed E-state index contributed by atoms with van der Waals surface area (Å²) in [5.74, 6) is -0.430. The number of carbonyl (C=O) groups excluding carboxylic acids is 2. The maximum atomic E-state index is 12.6. The van der Waals surface area contributed by atoms with E-state index in [1.54, 1.807) is 36.4 Å². The van der Waals surface area contributed by atoms with Crippen LogP contribution in [-0.2, 0) is 0 Å². The second kappa shape index (κ2) is 8.64. The van der Waals surface area contributed by atoms with Crippen molar-refractivity contribution in [3.63, 3.8) is 0 Å². The molecule has 3 aromatic rings. The first-order chi connectivity index (χ1) is 13.0. The Morgan fingerprint density at radius 3 is 2.30 bits per heavy atom. The van der Waals surface area contributed by atoms with E-state index in [4.69, 9.17) is 0 Å². The number of halogens is 1. The van der Waals surface area contributed by atoms with Crippen LogP contribution in [0.3, 0.4) is 0 Å². The third kappa shape index (κ3) is 4.83. The predicted octanol–water partition coefficient (Wildman–Crippen LogP) is 5.19. The van der Waals surface area contributed by atoms with Crippen molar-refractivity contribution >= 4 is 33.4 Å². The molecule has 3 rings (SSSR count). The summed E-state index contributed by atoms with van der Waals surface area (Å²) in [6, 6.07) is 23.7. The summed E-state index contributed by atoms with van der Waals surface area (Å²) in [6.07, 6.45) is 0. The topological polar surface area (TPSA) is 58.2 Å². The molecule has 0 radical (unpaired) electrons. The first-order valence-corrected chi connectivity index (χ1v) is 9.35. The Kier molecular flexibility index (Phi) is 6.04. The van der Waals surface area contributed by atoms with Crippen LogP contribution in [-0.4, -0.2) is 11.8 Å². The number of hydrogen-bond acceptors (Lipinski definition) is 2. The van der Waals surface area contributed by atoms with Gasteiger partial charge in [-0.1, -0.05) is 48.5 Å². The Morgan fingerprint density at radius 1 is 0.852 bits per heavy atom. The molecule has 27 heavy (non-hydrogen) atoms. The highest BCUT2D eigenvalue weighted by atomic mass is 79.9. The SMILES string of the molecule is CC(NC(=O)c1cccc(NC(=O)c2ccccc2Br)c1)c1ccccc1. The molecule has 0 aliphatic heterocycles. The van der Waals surface area contributed by atoms with Gasteiger partial charge in [0.05, 0.1) is 11.6 Å². The molecule has 0 saturated heterocycles. The first kappa shape index (κ1) is 18.9. The summed E-state index contributed by atoms with van der Waals surface area (Å²) in [7, 11) is 0. The van der Waals surface area contributed by atoms with E-state index in [-0.39, 0.29) is 17.9 Å². The summed E-state index contributed by atoms with van der Waals surface area (Å²) < 4.78 is 0.716. The molecule has 1 atom stereocenters. The number of carbonyl (C=O) groups is 2. The van der Waals surface area contributed by atoms with Gasteiger partial charge in [-0.3, -0.25) is 9.59 Å². The van der Waals surface area contributed by atoms with Crippen LogP contribution in [0.15, 0.2) is 83.3 Å². The zero-order chi connectivity index (χ0) is 19.2. The zero-order valence-corrected chi connectivity index (χ0v) is 16.4. The summed E-state index contributed by atoms with van der Waals surface area (Å²) in [4.78, 5) is 25.0. The minimum absolute atomic E-state index is 0.114. The normalized spacial score (nSPS) is 11.5. The Bertz CT molecular complexity index is 957. The van der Waals surface area contributed by atoms with Gasteiger partial charge in [-0.2, -0.15) is 0 Å². The van der Waals surface area contributed by atoms with Gasteiger partial charge in [0.25, 0.3) is 11.8 Å². The predicted molar refractivity (Wildman–Crippen MR) is 111 cm³/mol. The molecule has 4 nitrogen and oxygen atoms in total. The number of amides is 2. The molecular weight excluding hydrogens is 404 g/mol. The average molecular weight is 423 g/mol. The summed E-state index contributed by atoms with van der Waals surface area (Å²) in [5, 5.41) is 5.81. The summed E-state index contributed by atoms with van der Waals surface area (Å²) in [5.41, 5.74) is 2.62. The third-order valence-electron chi connectivity index (χ3n) is 4.15. The fraction of sp³-hybridized carbons (Fsp3) is 0.0909. The minimum Gasteiger partial charge on any atom is -0.346 e. The number of rotatable bonds is 5. The standard InChI is InChI=1S/C22H19BrN2O2/c1-15(16-8-3-2-4-9-16)24-21(26)17-10-7-11-18(14-17)25-22(27)19-12-5-6-13-20(19)23/h2-15H,1H3,(H,24,26)(H,25,27). The van der Waals surface area contributed by atoms with Crippen molar-refractivity contribution in [1.29, 1.82) is 0 Å². The second-order valence-electron chi connectivity index (χ2n) is 6.12. The van der Waals surface area contributed by atoms with E-state index < -0.39 is 0 Å². The van der Waals surface area contributed by atoms with E-state index in [0.29, 0.717) is 21.3 Å². The van der Waals surface area contributed by atoms with Crippen molar-refractivity contribution in [2.75, 3.05) is 5.32 Å². The van der Waals surface area contributed by atoms with E-state index in [1.807, 2.05) is 49.4 Å². The molecule has 0 saturated carbocycles. The molecular formula is C22H19BrN2O2. The molecule has 0 aliphatic carbocycles. The van der Waals surface area contributed by atoms with Crippen LogP contribution in [0, 0.1) is 0 Å². The molecule has 0 aliphatic rings. The van der Waals surface area contributed by atoms with Crippen LogP contribution < -0.4 is 10.6 Å². The van der Waals surface area contributed by atoms with Crippen LogP contribution in [0.4, 0.5) is 5.69 Å². The lowest BCUT2D eigenvalue weighted by atomic mass is 10.1. The second-order valence-corrected chi connectivity index (χ2v) is 6.97. The highest BCUT2D eigenvalue weighted by molar-refractivity contribution is 9.10. The van der Waals surface area contributed by atoms with Crippen molar-refractivity contribution in [2.45, 2.75) is 13.0 Å². The molecule has 0 aromatic heterocycles. The Labute approximate surface area is 166 Å². The quantitative estimate of drug-likeness (QED) is 0.593. The van der Waals surface area contributed by atoms with Gasteiger partial charge in [0.15, 0.2) is 0 Å². The van der Waals surface area contributed by atoms with Crippen LogP contribution in [0.5, 0.6) is 0 Å². The van der Waals surface area contributed by atoms with Gasteiger partial charge < -0.3 is 10.6 Å². The number of benzene rings is 3. The molecule has 0 fully saturated rings. The Balaban J connectivity index is 1.70. The highest BCUT2D eigenvalue weighted by Crippen LogP contribution is 2.19. The van der Waals surface area contributed by atoms with E-state index in [1.165, 1.54) is 0 Å². The molecule has 0 bridgehead atoms. The van der Waals surface area contributed by atoms with Crippen molar-refractivity contribution in [3.8, 4) is 0 Å². The van der Waals surface area contributed by atoms with Crippen LogP contribution in [0.1, 0.15) is 39.2 Å². The van der Waals surface area contributed by atoms with Crippen molar-refractivity contribution in [1.82, 2.24) is 5.32 Å². The van der Waals surface area contributed by atoms with Crippen LogP contribution in [0.2, 0.25) is 0 Å². The van der Waals surface area contributed by atoms with Crippen LogP contribution >= 0.6 is 15.9 Å². The van der Waals surface area contributed by atoms with Gasteiger partial charge in [0.1, 0.15) is 0 Å². The van der Waals surface area contributed by atoms with Gasteiger partial charge in [0.2, 0.25) is 0 Å². The smallest absolute Gasteiger partial charge is 0.256 e. The van der Waals surface area contributed by atoms with Gasteiger partial charge >= 0.3 is 0 Å². The van der Waals surface area contributed by atoms with E-state index in [9.17, 15) is 9.59 Å². The van der Waals surface area contributed by atoms with Crippen molar-refractivity contribution in [2.24, 2.45) is 0 Å². The molecule has 1 unspecified atom stereocenters. The molecule has 2 N–H and O–H groups in total. The number of nitrogens with one attached hydrogen (secondary N) is 2. The maximum Gasteiger partial charge on any atom is 0.256 e. The molecule has 0 heterocycles. The number of hydrogen-bond donors (Lipinski definition) is 2. The Morgan fingerprint density at radius 2 is 1.56 bits per heavy atom.